The van der Waals surface area contributed by atoms with Gasteiger partial charge in [-0.3, -0.25) is 20.2 Å². The van der Waals surface area contributed by atoms with E-state index >= 15 is 0 Å². The summed E-state index contributed by atoms with van der Waals surface area (Å²) in [4.78, 5) is 26.5. The molecule has 0 unspecified atom stereocenters. The van der Waals surface area contributed by atoms with Gasteiger partial charge in [0.05, 0.1) is 16.7 Å². The second-order valence-corrected chi connectivity index (χ2v) is 7.26. The molecule has 7 nitrogen and oxygen atoms in total. The van der Waals surface area contributed by atoms with Crippen LogP contribution < -0.4 is 10.1 Å². The molecule has 0 radical (unpaired) electrons. The van der Waals surface area contributed by atoms with E-state index in [0.29, 0.717) is 5.13 Å². The van der Waals surface area contributed by atoms with E-state index < -0.39 is 10.8 Å². The lowest BCUT2D eigenvalue weighted by Crippen LogP contribution is -2.20. The zero-order chi connectivity index (χ0) is 17.9. The molecular formula is C15H16ClN3O4S. The van der Waals surface area contributed by atoms with Crippen molar-refractivity contribution in [2.75, 3.05) is 11.9 Å². The first-order chi connectivity index (χ1) is 11.2. The third-order valence-electron chi connectivity index (χ3n) is 3.00. The number of hydrogen-bond donors (Lipinski definition) is 1. The Morgan fingerprint density at radius 1 is 1.46 bits per heavy atom. The zero-order valence-electron chi connectivity index (χ0n) is 13.3. The van der Waals surface area contributed by atoms with Gasteiger partial charge in [-0.2, -0.15) is 0 Å². The molecule has 0 aliphatic carbocycles. The van der Waals surface area contributed by atoms with Crippen molar-refractivity contribution in [3.05, 3.63) is 44.4 Å². The first-order valence-electron chi connectivity index (χ1n) is 6.99. The maximum Gasteiger partial charge on any atom is 0.291 e. The number of nitrogens with zero attached hydrogens (tertiary/aromatic N) is 2. The van der Waals surface area contributed by atoms with Gasteiger partial charge in [0.15, 0.2) is 11.7 Å². The summed E-state index contributed by atoms with van der Waals surface area (Å²) in [5.41, 5.74) is 0.513. The van der Waals surface area contributed by atoms with Crippen LogP contribution in [0.1, 0.15) is 26.5 Å². The number of ether oxygens (including phenoxy) is 1. The van der Waals surface area contributed by atoms with Crippen LogP contribution in [0, 0.1) is 10.1 Å². The number of carbonyl (C=O) groups is 1. The van der Waals surface area contributed by atoms with Gasteiger partial charge >= 0.3 is 0 Å². The summed E-state index contributed by atoms with van der Waals surface area (Å²) >= 11 is 7.05. The number of halogens is 1. The number of nitro groups is 1. The van der Waals surface area contributed by atoms with Gasteiger partial charge in [-0.25, -0.2) is 4.98 Å². The van der Waals surface area contributed by atoms with Gasteiger partial charge in [0, 0.05) is 10.8 Å². The molecular weight excluding hydrogens is 354 g/mol. The standard InChI is InChI=1S/C15H16ClN3O4S/c1-15(2,3)12-8-24-14(17-12)18-13(20)7-23-9-4-5-10(16)11(6-9)19(21)22/h4-6,8H,7H2,1-3H3,(H,17,18,20). The summed E-state index contributed by atoms with van der Waals surface area (Å²) in [6.45, 7) is 5.81. The summed E-state index contributed by atoms with van der Waals surface area (Å²) in [5, 5.41) is 15.8. The largest absolute Gasteiger partial charge is 0.484 e. The fraction of sp³-hybridized carbons (Fsp3) is 0.333. The number of hydrogen-bond acceptors (Lipinski definition) is 6. The molecule has 2 rings (SSSR count). The van der Waals surface area contributed by atoms with Crippen molar-refractivity contribution >= 4 is 39.7 Å². The monoisotopic (exact) mass is 369 g/mol. The third kappa shape index (κ3) is 4.65. The van der Waals surface area contributed by atoms with Gasteiger partial charge in [0.2, 0.25) is 0 Å². The van der Waals surface area contributed by atoms with Crippen LogP contribution in [0.15, 0.2) is 23.6 Å². The Labute approximate surface area is 147 Å². The van der Waals surface area contributed by atoms with E-state index in [9.17, 15) is 14.9 Å². The normalized spacial score (nSPS) is 11.2. The summed E-state index contributed by atoms with van der Waals surface area (Å²) in [7, 11) is 0. The van der Waals surface area contributed by atoms with Crippen LogP contribution >= 0.6 is 22.9 Å². The van der Waals surface area contributed by atoms with Crippen LogP contribution in [-0.4, -0.2) is 22.4 Å². The molecule has 9 heteroatoms. The molecule has 0 aliphatic rings. The van der Waals surface area contributed by atoms with E-state index in [1.807, 2.05) is 26.2 Å². The molecule has 0 aliphatic heterocycles. The highest BCUT2D eigenvalue weighted by molar-refractivity contribution is 7.13. The molecule has 0 bridgehead atoms. The Hall–Kier alpha value is -2.19. The van der Waals surface area contributed by atoms with Gasteiger partial charge in [-0.1, -0.05) is 32.4 Å². The van der Waals surface area contributed by atoms with Gasteiger partial charge in [-0.15, -0.1) is 11.3 Å². The minimum atomic E-state index is -0.612. The van der Waals surface area contributed by atoms with E-state index in [1.54, 1.807) is 0 Å². The second-order valence-electron chi connectivity index (χ2n) is 6.00. The molecule has 1 aromatic carbocycles. The Bertz CT molecular complexity index is 770. The average Bonchev–Trinajstić information content (AvgIpc) is 2.94. The lowest BCUT2D eigenvalue weighted by Gasteiger charge is -2.14. The molecule has 1 heterocycles. The van der Waals surface area contributed by atoms with E-state index in [1.165, 1.54) is 29.5 Å². The number of thiazole rings is 1. The molecule has 0 saturated carbocycles. The zero-order valence-corrected chi connectivity index (χ0v) is 14.9. The van der Waals surface area contributed by atoms with Crippen molar-refractivity contribution in [2.24, 2.45) is 0 Å². The van der Waals surface area contributed by atoms with Crippen LogP contribution in [0.5, 0.6) is 5.75 Å². The van der Waals surface area contributed by atoms with E-state index in [-0.39, 0.29) is 28.5 Å². The highest BCUT2D eigenvalue weighted by Gasteiger charge is 2.18. The average molecular weight is 370 g/mol. The summed E-state index contributed by atoms with van der Waals surface area (Å²) in [6, 6.07) is 3.99. The maximum absolute atomic E-state index is 11.9. The van der Waals surface area contributed by atoms with E-state index in [2.05, 4.69) is 10.3 Å². The Balaban J connectivity index is 1.95. The number of carbonyl (C=O) groups excluding carboxylic acids is 1. The van der Waals surface area contributed by atoms with Crippen molar-refractivity contribution in [1.82, 2.24) is 4.98 Å². The maximum atomic E-state index is 11.9. The van der Waals surface area contributed by atoms with Crippen LogP contribution in [0.2, 0.25) is 5.02 Å². The number of anilines is 1. The summed E-state index contributed by atoms with van der Waals surface area (Å²) in [5.74, 6) is -0.210. The molecule has 2 aromatic rings. The topological polar surface area (TPSA) is 94.4 Å². The number of aromatic nitrogens is 1. The lowest BCUT2D eigenvalue weighted by atomic mass is 9.93. The van der Waals surface area contributed by atoms with Gasteiger partial charge in [0.1, 0.15) is 10.8 Å². The number of nitrogens with one attached hydrogen (secondary N) is 1. The van der Waals surface area contributed by atoms with E-state index in [4.69, 9.17) is 16.3 Å². The van der Waals surface area contributed by atoms with E-state index in [0.717, 1.165) is 5.69 Å². The number of benzene rings is 1. The summed E-state index contributed by atoms with van der Waals surface area (Å²) < 4.78 is 5.26. The van der Waals surface area contributed by atoms with Crippen LogP contribution in [0.3, 0.4) is 0 Å². The minimum Gasteiger partial charge on any atom is -0.484 e. The predicted octanol–water partition coefficient (Wildman–Crippen LogP) is 4.02. The fourth-order valence-electron chi connectivity index (χ4n) is 1.70. The molecule has 0 atom stereocenters. The Morgan fingerprint density at radius 3 is 2.75 bits per heavy atom. The molecule has 24 heavy (non-hydrogen) atoms. The first-order valence-corrected chi connectivity index (χ1v) is 8.25. The third-order valence-corrected chi connectivity index (χ3v) is 4.08. The van der Waals surface area contributed by atoms with Crippen molar-refractivity contribution < 1.29 is 14.5 Å². The number of amides is 1. The van der Waals surface area contributed by atoms with Crippen molar-refractivity contribution in [3.8, 4) is 5.75 Å². The van der Waals surface area contributed by atoms with Gasteiger partial charge in [0.25, 0.3) is 11.6 Å². The SMILES string of the molecule is CC(C)(C)c1csc(NC(=O)COc2ccc(Cl)c([N+](=O)[O-])c2)n1. The lowest BCUT2D eigenvalue weighted by molar-refractivity contribution is -0.384. The second kappa shape index (κ2) is 7.14. The molecule has 1 aromatic heterocycles. The molecule has 0 fully saturated rings. The number of rotatable bonds is 5. The fourth-order valence-corrected chi connectivity index (χ4v) is 2.84. The van der Waals surface area contributed by atoms with Crippen LogP contribution in [-0.2, 0) is 10.2 Å². The first kappa shape index (κ1) is 18.2. The molecule has 1 N–H and O–H groups in total. The molecule has 128 valence electrons. The van der Waals surface area contributed by atoms with Crippen molar-refractivity contribution in [3.63, 3.8) is 0 Å². The van der Waals surface area contributed by atoms with Gasteiger partial charge < -0.3 is 4.74 Å². The Morgan fingerprint density at radius 2 is 2.17 bits per heavy atom. The quantitative estimate of drug-likeness (QED) is 0.634. The smallest absolute Gasteiger partial charge is 0.291 e. The van der Waals surface area contributed by atoms with Crippen LogP contribution in [0.4, 0.5) is 10.8 Å². The van der Waals surface area contributed by atoms with Crippen LogP contribution in [0.25, 0.3) is 0 Å². The predicted molar refractivity (Wildman–Crippen MR) is 93.0 cm³/mol. The molecule has 1 amide bonds. The summed E-state index contributed by atoms with van der Waals surface area (Å²) in [6.07, 6.45) is 0. The van der Waals surface area contributed by atoms with Crippen molar-refractivity contribution in [2.45, 2.75) is 26.2 Å². The minimum absolute atomic E-state index is 0.00861. The highest BCUT2D eigenvalue weighted by Crippen LogP contribution is 2.29. The molecule has 0 spiro atoms. The van der Waals surface area contributed by atoms with Crippen molar-refractivity contribution in [1.29, 1.82) is 0 Å². The van der Waals surface area contributed by atoms with Gasteiger partial charge in [-0.05, 0) is 12.1 Å². The Kier molecular flexibility index (Phi) is 5.40. The highest BCUT2D eigenvalue weighted by atomic mass is 35.5. The number of nitro benzene ring substituents is 1. The molecule has 0 saturated heterocycles.